The van der Waals surface area contributed by atoms with E-state index in [1.54, 1.807) is 98.2 Å². The van der Waals surface area contributed by atoms with Crippen molar-refractivity contribution in [3.05, 3.63) is 200 Å². The average Bonchev–Trinajstić information content (AvgIpc) is 1.66. The molecule has 0 radical (unpaired) electrons. The van der Waals surface area contributed by atoms with Crippen molar-refractivity contribution < 1.29 is 38.4 Å². The molecule has 6 aromatic heterocycles. The Morgan fingerprint density at radius 3 is 0.862 bits per heavy atom. The van der Waals surface area contributed by atoms with Crippen LogP contribution in [0.3, 0.4) is 0 Å². The number of aromatic nitrogens is 4. The SMILES string of the molecule is Cc1c(C)c2c3c(c(C)c(C)c4c3c1C(=O)N(C)C4=O)C(=O)N(C)C2=O.Cc1c(C)c2c3nsnc3c(C)c(C)c2c2nsnc12.Cc1cc2c(s1)/C(=C1\C(=O)N(C)c3cc(C)sc31)C(=O)N2C.Cc1ccc2c(c1)N(C)C(=O)/C2=C1/C(=O)N(C)c2cc(C)ccc21.Cc1sc2c(c1C)c(C)c(C)c1c3sc(C)c(C)c3c(C)c(C)c21. The van der Waals surface area contributed by atoms with Gasteiger partial charge in [-0.3, -0.25) is 48.2 Å². The highest BCUT2D eigenvalue weighted by Crippen LogP contribution is 2.54. The highest BCUT2D eigenvalue weighted by Gasteiger charge is 2.46. The standard InChI is InChI=1S/C22H24S2.C20H18N2O4.C20H18N2O2.C16H14N2O2S2.C14H12N4S2/c1-9-11(3)19-20(21-17(9)13(5)15(7)23-21)12(4)10(2)18-14(6)16(8)24-22(18)19;1-7-8(2)12-16-14(20(26)22(6)18(12)24)10(4)9(3)13-15(16)11(7)17(23)21(5)19(13)25;1-11-5-7-13-15(9-11)21(3)19(23)17(13)18-14-8-6-12(2)10-16(14)22(4)20(18)24;1-7-5-9-13(21-7)11(15(19)17(9)3)12-14-10(6-8(2)22-14)18(4)16(12)20;1-5-7(3)11-14(18-19-15-11)10-6(2)8(4)12-13(9(5)10)17-20-16-12/h1-8H3;1-6H3;5-10H,1-4H3;5-6H,1-4H3;1-4H3/b;;18-17+;12-11+;. The predicted molar refractivity (Wildman–Crippen MR) is 481 cm³/mol. The number of carbonyl (C=O) groups excluding carboxylic acids is 8. The quantitative estimate of drug-likeness (QED) is 0.103. The van der Waals surface area contributed by atoms with Crippen LogP contribution in [0.25, 0.3) is 96.8 Å². The summed E-state index contributed by atoms with van der Waals surface area (Å²) in [6.45, 7) is 42.0. The number of thiophene rings is 4. The molecule has 0 atom stereocenters. The molecule has 24 heteroatoms. The summed E-state index contributed by atoms with van der Waals surface area (Å²) in [5, 5.41) is 9.27. The van der Waals surface area contributed by atoms with Gasteiger partial charge in [0.15, 0.2) is 0 Å². The minimum atomic E-state index is -0.400. The van der Waals surface area contributed by atoms with Gasteiger partial charge < -0.3 is 19.6 Å². The van der Waals surface area contributed by atoms with Crippen LogP contribution in [-0.4, -0.2) is 117 Å². The average molecular weight is 1650 g/mol. The predicted octanol–water partition coefficient (Wildman–Crippen LogP) is 20.8. The molecule has 8 amide bonds. The molecule has 6 aliphatic rings. The van der Waals surface area contributed by atoms with Crippen LogP contribution in [0.2, 0.25) is 0 Å². The lowest BCUT2D eigenvalue weighted by Crippen LogP contribution is -2.42. The number of fused-ring (bicyclic) bond motifs is 14. The third-order valence-electron chi connectivity index (χ3n) is 25.3. The van der Waals surface area contributed by atoms with Crippen LogP contribution in [0.4, 0.5) is 22.7 Å². The number of anilines is 4. The van der Waals surface area contributed by atoms with Crippen molar-refractivity contribution in [3.63, 3.8) is 0 Å². The van der Waals surface area contributed by atoms with Crippen LogP contribution in [0, 0.1) is 138 Å². The number of amides is 8. The van der Waals surface area contributed by atoms with Crippen LogP contribution in [-0.2, 0) is 19.2 Å². The molecule has 0 saturated carbocycles. The van der Waals surface area contributed by atoms with Crippen LogP contribution in [0.1, 0.15) is 171 Å². The van der Waals surface area contributed by atoms with Gasteiger partial charge in [0.25, 0.3) is 47.3 Å². The van der Waals surface area contributed by atoms with Gasteiger partial charge in [0.2, 0.25) is 0 Å². The Bertz CT molecular complexity index is 6590. The molecular weight excluding hydrogens is 1570 g/mol. The Labute approximate surface area is 696 Å². The van der Waals surface area contributed by atoms with Gasteiger partial charge in [-0.25, -0.2) is 0 Å². The van der Waals surface area contributed by atoms with Crippen molar-refractivity contribution >= 4 is 236 Å². The zero-order valence-electron chi connectivity index (χ0n) is 69.8. The number of likely N-dealkylation sites (N-methyl/N-ethyl adjacent to an activating group) is 4. The van der Waals surface area contributed by atoms with Crippen molar-refractivity contribution in [2.45, 2.75) is 138 Å². The van der Waals surface area contributed by atoms with Gasteiger partial charge in [0, 0.05) is 115 Å². The van der Waals surface area contributed by atoms with E-state index in [9.17, 15) is 38.4 Å². The molecule has 12 heterocycles. The fourth-order valence-corrected chi connectivity index (χ4v) is 23.9. The Morgan fingerprint density at radius 1 is 0.250 bits per heavy atom. The first-order chi connectivity index (χ1) is 54.8. The first-order valence-corrected chi connectivity index (χ1v) is 42.9. The highest BCUT2D eigenvalue weighted by atomic mass is 32.1. The van der Waals surface area contributed by atoms with Crippen molar-refractivity contribution in [1.82, 2.24) is 27.3 Å². The molecule has 0 N–H and O–H groups in total. The molecule has 6 aliphatic heterocycles. The number of aryl methyl sites for hydroxylation is 16. The molecule has 116 heavy (non-hydrogen) atoms. The number of benzene rings is 8. The Hall–Kier alpha value is -10.9. The van der Waals surface area contributed by atoms with Gasteiger partial charge in [0.1, 0.15) is 22.1 Å². The lowest BCUT2D eigenvalue weighted by molar-refractivity contribution is -0.114. The van der Waals surface area contributed by atoms with Crippen molar-refractivity contribution in [1.29, 1.82) is 0 Å². The summed E-state index contributed by atoms with van der Waals surface area (Å²) in [7, 11) is 9.97. The van der Waals surface area contributed by atoms with Crippen LogP contribution in [0.5, 0.6) is 0 Å². The summed E-state index contributed by atoms with van der Waals surface area (Å²) < 4.78 is 21.0. The minimum absolute atomic E-state index is 0.0862. The lowest BCUT2D eigenvalue weighted by atomic mass is 9.78. The first kappa shape index (κ1) is 79.0. The number of imide groups is 2. The summed E-state index contributed by atoms with van der Waals surface area (Å²) in [6, 6.07) is 15.8. The Kier molecular flexibility index (Phi) is 19.0. The number of rotatable bonds is 0. The van der Waals surface area contributed by atoms with Gasteiger partial charge in [-0.05, 0) is 263 Å². The van der Waals surface area contributed by atoms with Crippen molar-refractivity contribution in [3.8, 4) is 0 Å². The van der Waals surface area contributed by atoms with E-state index >= 15 is 0 Å². The topological polar surface area (TPSA) is 208 Å². The number of nitrogens with zero attached hydrogens (tertiary/aromatic N) is 10. The van der Waals surface area contributed by atoms with Gasteiger partial charge in [-0.1, -0.05) is 24.3 Å². The van der Waals surface area contributed by atoms with Crippen molar-refractivity contribution in [2.75, 3.05) is 61.9 Å². The molecular formula is C92H86N10O8S6. The lowest BCUT2D eigenvalue weighted by Gasteiger charge is -2.34. The maximum Gasteiger partial charge on any atom is 0.261 e. The van der Waals surface area contributed by atoms with E-state index in [0.717, 1.165) is 96.4 Å². The minimum Gasteiger partial charge on any atom is -0.311 e. The molecule has 0 aliphatic carbocycles. The monoisotopic (exact) mass is 1650 g/mol. The van der Waals surface area contributed by atoms with E-state index in [0.29, 0.717) is 77.6 Å². The molecule has 0 saturated heterocycles. The molecule has 588 valence electrons. The molecule has 14 aromatic rings. The summed E-state index contributed by atoms with van der Waals surface area (Å²) in [6.07, 6.45) is 0. The van der Waals surface area contributed by atoms with Crippen molar-refractivity contribution in [2.24, 2.45) is 0 Å². The molecule has 0 fully saturated rings. The van der Waals surface area contributed by atoms with E-state index in [4.69, 9.17) is 0 Å². The molecule has 0 bridgehead atoms. The second-order valence-electron chi connectivity index (χ2n) is 31.6. The highest BCUT2D eigenvalue weighted by molar-refractivity contribution is 7.22. The molecule has 18 nitrogen and oxygen atoms in total. The fourth-order valence-electron chi connectivity index (χ4n) is 17.8. The molecule has 0 spiro atoms. The maximum absolute atomic E-state index is 12.9. The normalized spacial score (nSPS) is 16.0. The first-order valence-electron chi connectivity index (χ1n) is 38.1. The van der Waals surface area contributed by atoms with Gasteiger partial charge in [0.05, 0.1) is 101 Å². The Balaban J connectivity index is 0.000000109. The number of carbonyl (C=O) groups is 8. The van der Waals surface area contributed by atoms with Gasteiger partial charge >= 0.3 is 0 Å². The third-order valence-corrected chi connectivity index (χ3v) is 30.9. The summed E-state index contributed by atoms with van der Waals surface area (Å²) in [5.41, 5.74) is 31.5. The van der Waals surface area contributed by atoms with E-state index in [1.165, 1.54) is 145 Å². The van der Waals surface area contributed by atoms with Gasteiger partial charge in [-0.2, -0.15) is 17.5 Å². The fraction of sp³-hybridized carbons (Fsp3) is 0.283. The van der Waals surface area contributed by atoms with Crippen LogP contribution < -0.4 is 19.6 Å². The summed E-state index contributed by atoms with van der Waals surface area (Å²) in [5.74, 6) is -2.02. The third kappa shape index (κ3) is 11.1. The molecule has 20 rings (SSSR count). The number of hydrogen-bond donors (Lipinski definition) is 0. The molecule has 8 aromatic carbocycles. The zero-order valence-corrected chi connectivity index (χ0v) is 74.7. The van der Waals surface area contributed by atoms with E-state index in [2.05, 4.69) is 101 Å². The summed E-state index contributed by atoms with van der Waals surface area (Å²) >= 11 is 9.67. The zero-order chi connectivity index (χ0) is 83.7. The van der Waals surface area contributed by atoms with E-state index in [-0.39, 0.29) is 23.6 Å². The van der Waals surface area contributed by atoms with Gasteiger partial charge in [-0.15, -0.1) is 45.3 Å². The summed E-state index contributed by atoms with van der Waals surface area (Å²) in [4.78, 5) is 118. The largest absolute Gasteiger partial charge is 0.311 e. The molecule has 0 unspecified atom stereocenters. The van der Waals surface area contributed by atoms with Crippen LogP contribution in [0.15, 0.2) is 48.5 Å². The number of hydrogen-bond acceptors (Lipinski definition) is 18. The van der Waals surface area contributed by atoms with E-state index < -0.39 is 23.6 Å². The Morgan fingerprint density at radius 2 is 0.534 bits per heavy atom. The maximum atomic E-state index is 12.9. The van der Waals surface area contributed by atoms with Crippen LogP contribution >= 0.6 is 68.8 Å². The second kappa shape index (κ2) is 27.9. The second-order valence-corrected chi connectivity index (χ2v) is 37.6. The van der Waals surface area contributed by atoms with E-state index in [1.807, 2.05) is 98.9 Å². The smallest absolute Gasteiger partial charge is 0.261 e.